The third kappa shape index (κ3) is 10.2. The van der Waals surface area contributed by atoms with Gasteiger partial charge in [-0.2, -0.15) is 26.3 Å². The molecule has 0 bridgehead atoms. The van der Waals surface area contributed by atoms with E-state index in [1.807, 2.05) is 35.9 Å². The summed E-state index contributed by atoms with van der Waals surface area (Å²) in [6.07, 6.45) is -3.87. The van der Waals surface area contributed by atoms with Gasteiger partial charge in [0.1, 0.15) is 0 Å². The number of alkyl halides is 6. The van der Waals surface area contributed by atoms with Gasteiger partial charge in [-0.1, -0.05) is 0 Å². The predicted octanol–water partition coefficient (Wildman–Crippen LogP) is 4.67. The molecule has 3 heterocycles. The number of aliphatic carboxylic acids is 2. The Morgan fingerprint density at radius 2 is 1.63 bits per heavy atom. The number of pyridine rings is 1. The lowest BCUT2D eigenvalue weighted by molar-refractivity contribution is -0.193. The largest absolute Gasteiger partial charge is 0.490 e. The van der Waals surface area contributed by atoms with E-state index in [0.29, 0.717) is 12.6 Å². The minimum absolute atomic E-state index is 0.205. The minimum atomic E-state index is -5.08. The fourth-order valence-corrected chi connectivity index (χ4v) is 4.74. The summed E-state index contributed by atoms with van der Waals surface area (Å²) in [4.78, 5) is 27.3. The molecule has 1 saturated heterocycles. The number of aromatic nitrogens is 1. The number of hydrogen-bond donors (Lipinski definition) is 2. The van der Waals surface area contributed by atoms with Crippen molar-refractivity contribution in [2.24, 2.45) is 0 Å². The summed E-state index contributed by atoms with van der Waals surface area (Å²) in [7, 11) is 0. The molecule has 2 aliphatic rings. The number of carboxylic acids is 2. The first-order valence-electron chi connectivity index (χ1n) is 11.2. The fraction of sp³-hybridized carbons (Fsp3) is 0.522. The number of thiophene rings is 1. The van der Waals surface area contributed by atoms with Crippen molar-refractivity contribution in [3.05, 3.63) is 52.0 Å². The average Bonchev–Trinajstić information content (AvgIpc) is 3.44. The number of carbonyl (C=O) groups is 2. The van der Waals surface area contributed by atoms with E-state index < -0.39 is 24.3 Å². The molecule has 15 heteroatoms. The molecular weight excluding hydrogens is 546 g/mol. The van der Waals surface area contributed by atoms with Gasteiger partial charge in [-0.05, 0) is 49.6 Å². The molecule has 1 aliphatic heterocycles. The van der Waals surface area contributed by atoms with Gasteiger partial charge < -0.3 is 19.7 Å². The third-order valence-electron chi connectivity index (χ3n) is 5.50. The van der Waals surface area contributed by atoms with Gasteiger partial charge >= 0.3 is 24.3 Å². The van der Waals surface area contributed by atoms with Gasteiger partial charge in [0.05, 0.1) is 25.4 Å². The summed E-state index contributed by atoms with van der Waals surface area (Å²) in [6.45, 7) is 5.69. The van der Waals surface area contributed by atoms with Crippen LogP contribution in [0, 0.1) is 6.92 Å². The van der Waals surface area contributed by atoms with Crippen LogP contribution in [-0.4, -0.2) is 75.8 Å². The Kier molecular flexibility index (Phi) is 11.5. The lowest BCUT2D eigenvalue weighted by Gasteiger charge is -2.38. The van der Waals surface area contributed by atoms with Crippen LogP contribution in [0.4, 0.5) is 26.3 Å². The summed E-state index contributed by atoms with van der Waals surface area (Å²) in [6, 6.07) is 8.99. The van der Waals surface area contributed by atoms with Crippen molar-refractivity contribution < 1.29 is 55.6 Å². The normalized spacial score (nSPS) is 21.4. The zero-order valence-electron chi connectivity index (χ0n) is 20.0. The maximum absolute atomic E-state index is 10.6. The first kappa shape index (κ1) is 31.5. The predicted molar refractivity (Wildman–Crippen MR) is 122 cm³/mol. The number of hydrogen-bond acceptors (Lipinski definition) is 7. The Balaban J connectivity index is 0.000000301. The van der Waals surface area contributed by atoms with Gasteiger partial charge in [0.25, 0.3) is 0 Å². The van der Waals surface area contributed by atoms with Crippen molar-refractivity contribution in [1.82, 2.24) is 9.88 Å². The van der Waals surface area contributed by atoms with Crippen LogP contribution in [0.1, 0.15) is 28.2 Å². The van der Waals surface area contributed by atoms with Gasteiger partial charge in [-0.15, -0.1) is 11.3 Å². The van der Waals surface area contributed by atoms with E-state index >= 15 is 0 Å². The molecule has 3 atom stereocenters. The lowest BCUT2D eigenvalue weighted by atomic mass is 10.1. The molecule has 0 radical (unpaired) electrons. The van der Waals surface area contributed by atoms with Crippen molar-refractivity contribution in [1.29, 1.82) is 0 Å². The van der Waals surface area contributed by atoms with Crippen molar-refractivity contribution in [2.75, 3.05) is 13.2 Å². The average molecular weight is 573 g/mol. The van der Waals surface area contributed by atoms with E-state index in [1.165, 1.54) is 15.3 Å². The van der Waals surface area contributed by atoms with Crippen LogP contribution in [-0.2, 0) is 32.2 Å². The summed E-state index contributed by atoms with van der Waals surface area (Å²) < 4.78 is 75.8. The first-order valence-corrected chi connectivity index (χ1v) is 12.0. The summed E-state index contributed by atoms with van der Waals surface area (Å²) in [5.74, 6) is -5.51. The van der Waals surface area contributed by atoms with E-state index in [-0.39, 0.29) is 12.2 Å². The highest BCUT2D eigenvalue weighted by Gasteiger charge is 2.43. The van der Waals surface area contributed by atoms with E-state index in [4.69, 9.17) is 29.3 Å². The van der Waals surface area contributed by atoms with E-state index in [9.17, 15) is 26.3 Å². The molecule has 0 aromatic carbocycles. The van der Waals surface area contributed by atoms with Gasteiger partial charge in [0, 0.05) is 41.3 Å². The van der Waals surface area contributed by atoms with E-state index in [2.05, 4.69) is 28.9 Å². The number of morpholine rings is 1. The maximum atomic E-state index is 10.6. The van der Waals surface area contributed by atoms with E-state index in [1.54, 1.807) is 0 Å². The second kappa shape index (κ2) is 13.9. The Bertz CT molecular complexity index is 1010. The van der Waals surface area contributed by atoms with Crippen LogP contribution >= 0.6 is 11.3 Å². The topological polar surface area (TPSA) is 109 Å². The van der Waals surface area contributed by atoms with Crippen LogP contribution in [0.3, 0.4) is 0 Å². The number of nitrogens with zero attached hydrogens (tertiary/aromatic N) is 2. The molecule has 2 N–H and O–H groups in total. The van der Waals surface area contributed by atoms with E-state index in [0.717, 1.165) is 32.5 Å². The molecule has 4 rings (SSSR count). The van der Waals surface area contributed by atoms with Crippen molar-refractivity contribution in [3.8, 4) is 0 Å². The smallest absolute Gasteiger partial charge is 0.475 e. The number of carboxylic acid groups (broad SMARTS) is 2. The highest BCUT2D eigenvalue weighted by Crippen LogP contribution is 2.34. The standard InChI is InChI=1S/C19H24N2O2S.2C2HF3O2/c1-14-2-3-16(24-14)12-21-10-11-22-19-17(21)4-5-18(19)23-13-15-6-8-20-9-7-15;2*3-2(4,5)1(6)7/h2-3,6-9,17-19H,4-5,10-13H2,1H3;2*(H,6,7)/t17-,18+,19+;;/m0../s1. The van der Waals surface area contributed by atoms with Crippen molar-refractivity contribution in [2.45, 2.75) is 63.5 Å². The molecule has 0 amide bonds. The quantitative estimate of drug-likeness (QED) is 0.498. The Morgan fingerprint density at radius 1 is 1.05 bits per heavy atom. The van der Waals surface area contributed by atoms with Crippen molar-refractivity contribution in [3.63, 3.8) is 0 Å². The van der Waals surface area contributed by atoms with Crippen LogP contribution in [0.15, 0.2) is 36.7 Å². The molecule has 38 heavy (non-hydrogen) atoms. The molecule has 2 aromatic rings. The Morgan fingerprint density at radius 3 is 2.13 bits per heavy atom. The second-order valence-electron chi connectivity index (χ2n) is 8.27. The van der Waals surface area contributed by atoms with Gasteiger partial charge in [-0.25, -0.2) is 9.59 Å². The maximum Gasteiger partial charge on any atom is 0.490 e. The molecular formula is C23H26F6N2O6S. The number of aryl methyl sites for hydroxylation is 1. The molecule has 1 saturated carbocycles. The van der Waals surface area contributed by atoms with Gasteiger partial charge in [-0.3, -0.25) is 9.88 Å². The highest BCUT2D eigenvalue weighted by atomic mass is 32.1. The lowest BCUT2D eigenvalue weighted by Crippen LogP contribution is -2.51. The molecule has 212 valence electrons. The third-order valence-corrected chi connectivity index (χ3v) is 6.49. The summed E-state index contributed by atoms with van der Waals surface area (Å²) in [5, 5.41) is 14.2. The number of rotatable bonds is 5. The number of fused-ring (bicyclic) bond motifs is 1. The first-order chi connectivity index (χ1) is 17.7. The van der Waals surface area contributed by atoms with Gasteiger partial charge in [0.15, 0.2) is 0 Å². The molecule has 0 spiro atoms. The second-order valence-corrected chi connectivity index (χ2v) is 9.65. The molecule has 2 aromatic heterocycles. The minimum Gasteiger partial charge on any atom is -0.475 e. The summed E-state index contributed by atoms with van der Waals surface area (Å²) in [5.41, 5.74) is 1.18. The Hall–Kier alpha value is -2.75. The molecule has 8 nitrogen and oxygen atoms in total. The zero-order chi connectivity index (χ0) is 28.5. The fourth-order valence-electron chi connectivity index (χ4n) is 3.82. The van der Waals surface area contributed by atoms with Crippen LogP contribution in [0.2, 0.25) is 0 Å². The van der Waals surface area contributed by atoms with Crippen molar-refractivity contribution >= 4 is 23.3 Å². The highest BCUT2D eigenvalue weighted by molar-refractivity contribution is 7.11. The summed E-state index contributed by atoms with van der Waals surface area (Å²) >= 11 is 1.90. The molecule has 1 aliphatic carbocycles. The monoisotopic (exact) mass is 572 g/mol. The SMILES string of the molecule is Cc1ccc(CN2CCO[C@H]3[C@H](OCc4ccncc4)CC[C@@H]32)s1.O=C(O)C(F)(F)F.O=C(O)C(F)(F)F. The number of ether oxygens (including phenoxy) is 2. The molecule has 0 unspecified atom stereocenters. The van der Waals surface area contributed by atoms with Crippen LogP contribution in [0.5, 0.6) is 0 Å². The Labute approximate surface area is 217 Å². The zero-order valence-corrected chi connectivity index (χ0v) is 20.9. The van der Waals surface area contributed by atoms with Gasteiger partial charge in [0.2, 0.25) is 0 Å². The van der Waals surface area contributed by atoms with Crippen LogP contribution < -0.4 is 0 Å². The molecule has 2 fully saturated rings. The number of halogens is 6. The van der Waals surface area contributed by atoms with Crippen LogP contribution in [0.25, 0.3) is 0 Å².